The maximum Gasteiger partial charge on any atom is 0.224 e. The zero-order valence-corrected chi connectivity index (χ0v) is 10.3. The number of rotatable bonds is 1. The van der Waals surface area contributed by atoms with Crippen molar-refractivity contribution in [1.82, 2.24) is 10.2 Å². The fourth-order valence-corrected chi connectivity index (χ4v) is 3.09. The lowest BCUT2D eigenvalue weighted by atomic mass is 9.96. The van der Waals surface area contributed by atoms with Crippen molar-refractivity contribution in [1.29, 1.82) is 0 Å². The molecule has 4 heteroatoms. The van der Waals surface area contributed by atoms with Gasteiger partial charge < -0.3 is 4.90 Å². The smallest absolute Gasteiger partial charge is 0.224 e. The van der Waals surface area contributed by atoms with Gasteiger partial charge in [-0.2, -0.15) is 0 Å². The minimum Gasteiger partial charge on any atom is -0.320 e. The van der Waals surface area contributed by atoms with Crippen LogP contribution in [0.15, 0.2) is 24.3 Å². The van der Waals surface area contributed by atoms with Crippen molar-refractivity contribution < 1.29 is 9.18 Å². The molecule has 96 valence electrons. The molecular formula is C14H17FN2O. The van der Waals surface area contributed by atoms with Crippen molar-refractivity contribution in [2.24, 2.45) is 0 Å². The molecule has 1 aromatic rings. The van der Waals surface area contributed by atoms with Gasteiger partial charge >= 0.3 is 0 Å². The van der Waals surface area contributed by atoms with Crippen LogP contribution in [0.25, 0.3) is 0 Å². The number of hydrogen-bond donors (Lipinski definition) is 1. The van der Waals surface area contributed by atoms with Crippen LogP contribution in [0.5, 0.6) is 0 Å². The SMILES string of the molecule is O=C1CC[C@]2(c3ccc(F)cc3)NCCCCN12. The van der Waals surface area contributed by atoms with Crippen molar-refractivity contribution in [3.63, 3.8) is 0 Å². The summed E-state index contributed by atoms with van der Waals surface area (Å²) in [6.07, 6.45) is 3.45. The van der Waals surface area contributed by atoms with Crippen molar-refractivity contribution >= 4 is 5.91 Å². The number of nitrogens with zero attached hydrogens (tertiary/aromatic N) is 1. The Labute approximate surface area is 106 Å². The summed E-state index contributed by atoms with van der Waals surface area (Å²) in [5.41, 5.74) is 0.595. The maximum absolute atomic E-state index is 13.1. The average Bonchev–Trinajstić information content (AvgIpc) is 2.59. The lowest BCUT2D eigenvalue weighted by Crippen LogP contribution is -2.52. The van der Waals surface area contributed by atoms with E-state index in [1.165, 1.54) is 12.1 Å². The third-order valence-electron chi connectivity index (χ3n) is 4.01. The molecule has 18 heavy (non-hydrogen) atoms. The zero-order valence-electron chi connectivity index (χ0n) is 10.3. The molecule has 2 aliphatic rings. The Morgan fingerprint density at radius 2 is 2.00 bits per heavy atom. The highest BCUT2D eigenvalue weighted by molar-refractivity contribution is 5.80. The molecule has 2 fully saturated rings. The molecule has 2 heterocycles. The van der Waals surface area contributed by atoms with Crippen LogP contribution < -0.4 is 5.32 Å². The lowest BCUT2D eigenvalue weighted by molar-refractivity contribution is -0.132. The molecule has 1 amide bonds. The van der Waals surface area contributed by atoms with E-state index in [1.807, 2.05) is 4.90 Å². The Morgan fingerprint density at radius 1 is 1.22 bits per heavy atom. The second kappa shape index (κ2) is 4.35. The fourth-order valence-electron chi connectivity index (χ4n) is 3.09. The van der Waals surface area contributed by atoms with Gasteiger partial charge in [-0.25, -0.2) is 4.39 Å². The summed E-state index contributed by atoms with van der Waals surface area (Å²) in [4.78, 5) is 14.0. The number of carbonyl (C=O) groups is 1. The third kappa shape index (κ3) is 1.72. The average molecular weight is 248 g/mol. The van der Waals surface area contributed by atoms with Gasteiger partial charge in [0.2, 0.25) is 5.91 Å². The normalized spacial score (nSPS) is 28.1. The summed E-state index contributed by atoms with van der Waals surface area (Å²) >= 11 is 0. The molecule has 0 spiro atoms. The third-order valence-corrected chi connectivity index (χ3v) is 4.01. The highest BCUT2D eigenvalue weighted by Gasteiger charge is 2.46. The summed E-state index contributed by atoms with van der Waals surface area (Å²) in [6.45, 7) is 1.70. The van der Waals surface area contributed by atoms with Gasteiger partial charge in [0, 0.05) is 13.0 Å². The highest BCUT2D eigenvalue weighted by atomic mass is 19.1. The molecule has 0 bridgehead atoms. The summed E-state index contributed by atoms with van der Waals surface area (Å²) in [7, 11) is 0. The second-order valence-corrected chi connectivity index (χ2v) is 5.05. The zero-order chi connectivity index (χ0) is 12.6. The number of carbonyl (C=O) groups excluding carboxylic acids is 1. The molecule has 1 aromatic carbocycles. The van der Waals surface area contributed by atoms with E-state index in [9.17, 15) is 9.18 Å². The van der Waals surface area contributed by atoms with Gasteiger partial charge in [-0.15, -0.1) is 0 Å². The van der Waals surface area contributed by atoms with E-state index in [0.717, 1.165) is 37.9 Å². The summed E-state index contributed by atoms with van der Waals surface area (Å²) in [5, 5.41) is 3.51. The van der Waals surface area contributed by atoms with E-state index in [1.54, 1.807) is 12.1 Å². The van der Waals surface area contributed by atoms with Crippen LogP contribution in [-0.4, -0.2) is 23.9 Å². The standard InChI is InChI=1S/C14H17FN2O/c15-12-5-3-11(4-6-12)14-8-7-13(18)17(14)10-2-1-9-16-14/h3-6,16H,1-2,7-10H2/t14-/m0/s1. The van der Waals surface area contributed by atoms with Crippen LogP contribution in [0.4, 0.5) is 4.39 Å². The van der Waals surface area contributed by atoms with Crippen molar-refractivity contribution in [2.45, 2.75) is 31.3 Å². The van der Waals surface area contributed by atoms with Crippen LogP contribution in [-0.2, 0) is 10.5 Å². The largest absolute Gasteiger partial charge is 0.320 e. The summed E-state index contributed by atoms with van der Waals surface area (Å²) in [6, 6.07) is 6.52. The quantitative estimate of drug-likeness (QED) is 0.824. The Bertz CT molecular complexity index is 459. The molecular weight excluding hydrogens is 231 g/mol. The summed E-state index contributed by atoms with van der Waals surface area (Å²) < 4.78 is 13.1. The van der Waals surface area contributed by atoms with Crippen LogP contribution in [0, 0.1) is 5.82 Å². The topological polar surface area (TPSA) is 32.3 Å². The minimum absolute atomic E-state index is 0.203. The predicted octanol–water partition coefficient (Wildman–Crippen LogP) is 1.98. The number of fused-ring (bicyclic) bond motifs is 1. The number of nitrogens with one attached hydrogen (secondary N) is 1. The van der Waals surface area contributed by atoms with Gasteiger partial charge in [-0.3, -0.25) is 10.1 Å². The first kappa shape index (κ1) is 11.7. The summed E-state index contributed by atoms with van der Waals surface area (Å²) in [5.74, 6) is -0.0339. The van der Waals surface area contributed by atoms with Gasteiger partial charge in [0.25, 0.3) is 0 Å². The minimum atomic E-state index is -0.402. The van der Waals surface area contributed by atoms with E-state index in [2.05, 4.69) is 5.32 Å². The highest BCUT2D eigenvalue weighted by Crippen LogP contribution is 2.38. The van der Waals surface area contributed by atoms with E-state index in [-0.39, 0.29) is 11.7 Å². The van der Waals surface area contributed by atoms with E-state index < -0.39 is 5.66 Å². The van der Waals surface area contributed by atoms with Crippen LogP contribution in [0.3, 0.4) is 0 Å². The van der Waals surface area contributed by atoms with Crippen LogP contribution in [0.2, 0.25) is 0 Å². The molecule has 2 saturated heterocycles. The van der Waals surface area contributed by atoms with E-state index >= 15 is 0 Å². The lowest BCUT2D eigenvalue weighted by Gasteiger charge is -2.38. The van der Waals surface area contributed by atoms with Crippen LogP contribution in [0.1, 0.15) is 31.2 Å². The molecule has 0 aromatic heterocycles. The molecule has 0 radical (unpaired) electrons. The monoisotopic (exact) mass is 248 g/mol. The van der Waals surface area contributed by atoms with Gasteiger partial charge in [0.1, 0.15) is 11.5 Å². The fraction of sp³-hybridized carbons (Fsp3) is 0.500. The number of hydrogen-bond acceptors (Lipinski definition) is 2. The van der Waals surface area contributed by atoms with Crippen molar-refractivity contribution in [3.05, 3.63) is 35.6 Å². The van der Waals surface area contributed by atoms with Crippen molar-refractivity contribution in [2.75, 3.05) is 13.1 Å². The van der Waals surface area contributed by atoms with Gasteiger partial charge in [0.15, 0.2) is 0 Å². The molecule has 0 saturated carbocycles. The second-order valence-electron chi connectivity index (χ2n) is 5.05. The molecule has 1 atom stereocenters. The molecule has 1 N–H and O–H groups in total. The van der Waals surface area contributed by atoms with Gasteiger partial charge in [-0.1, -0.05) is 12.1 Å². The molecule has 3 rings (SSSR count). The predicted molar refractivity (Wildman–Crippen MR) is 66.3 cm³/mol. The Balaban J connectivity index is 2.03. The van der Waals surface area contributed by atoms with Gasteiger partial charge in [0.05, 0.1) is 0 Å². The Kier molecular flexibility index (Phi) is 2.82. The van der Waals surface area contributed by atoms with Crippen LogP contribution >= 0.6 is 0 Å². The first-order valence-corrected chi connectivity index (χ1v) is 6.54. The molecule has 2 aliphatic heterocycles. The van der Waals surface area contributed by atoms with Gasteiger partial charge in [-0.05, 0) is 43.5 Å². The first-order valence-electron chi connectivity index (χ1n) is 6.54. The maximum atomic E-state index is 13.1. The molecule has 3 nitrogen and oxygen atoms in total. The Morgan fingerprint density at radius 3 is 2.78 bits per heavy atom. The number of benzene rings is 1. The first-order chi connectivity index (χ1) is 8.72. The molecule has 0 aliphatic carbocycles. The van der Waals surface area contributed by atoms with E-state index in [0.29, 0.717) is 6.42 Å². The van der Waals surface area contributed by atoms with E-state index in [4.69, 9.17) is 0 Å². The molecule has 0 unspecified atom stereocenters. The Hall–Kier alpha value is -1.42. The number of halogens is 1. The number of amides is 1. The van der Waals surface area contributed by atoms with Crippen molar-refractivity contribution in [3.8, 4) is 0 Å².